The highest BCUT2D eigenvalue weighted by Crippen LogP contribution is 2.38. The maximum absolute atomic E-state index is 14.2. The van der Waals surface area contributed by atoms with E-state index in [1.54, 1.807) is 36.4 Å². The molecule has 0 radical (unpaired) electrons. The SMILES string of the molecule is COc1cc(C(=O)N(CCC2CCCN2C)CC(C)=Cc2ccccc2F)cc(OC)c1OC.O=C(O)C(F)(F)F. The Morgan fingerprint density at radius 1 is 1.10 bits per heavy atom. The second-order valence-electron chi connectivity index (χ2n) is 9.52. The largest absolute Gasteiger partial charge is 0.493 e. The zero-order valence-electron chi connectivity index (χ0n) is 23.8. The summed E-state index contributed by atoms with van der Waals surface area (Å²) in [5, 5.41) is 7.12. The summed E-state index contributed by atoms with van der Waals surface area (Å²) in [6.07, 6.45) is -0.104. The van der Waals surface area contributed by atoms with Crippen molar-refractivity contribution in [2.24, 2.45) is 0 Å². The fourth-order valence-corrected chi connectivity index (χ4v) is 4.49. The maximum atomic E-state index is 14.2. The highest BCUT2D eigenvalue weighted by atomic mass is 19.4. The molecule has 1 unspecified atom stereocenters. The van der Waals surface area contributed by atoms with Crippen LogP contribution in [0.1, 0.15) is 42.1 Å². The van der Waals surface area contributed by atoms with Crippen molar-refractivity contribution in [3.63, 3.8) is 0 Å². The summed E-state index contributed by atoms with van der Waals surface area (Å²) < 4.78 is 62.2. The number of carbonyl (C=O) groups excluding carboxylic acids is 1. The summed E-state index contributed by atoms with van der Waals surface area (Å²) in [6.45, 7) is 3.98. The van der Waals surface area contributed by atoms with E-state index in [9.17, 15) is 22.4 Å². The van der Waals surface area contributed by atoms with E-state index >= 15 is 0 Å². The first-order chi connectivity index (χ1) is 19.3. The zero-order chi connectivity index (χ0) is 30.7. The lowest BCUT2D eigenvalue weighted by atomic mass is 10.1. The smallest absolute Gasteiger partial charge is 0.490 e. The van der Waals surface area contributed by atoms with Gasteiger partial charge in [0.1, 0.15) is 5.82 Å². The van der Waals surface area contributed by atoms with Crippen LogP contribution in [0.15, 0.2) is 42.0 Å². The molecule has 1 saturated heterocycles. The number of hydrogen-bond donors (Lipinski definition) is 1. The highest BCUT2D eigenvalue weighted by Gasteiger charge is 2.38. The molecule has 3 rings (SSSR count). The molecular formula is C29H36F4N2O6. The van der Waals surface area contributed by atoms with E-state index in [4.69, 9.17) is 24.1 Å². The molecule has 1 N–H and O–H groups in total. The number of nitrogens with zero attached hydrogens (tertiary/aromatic N) is 2. The molecule has 0 spiro atoms. The molecule has 1 amide bonds. The third kappa shape index (κ3) is 9.66. The number of aliphatic carboxylic acids is 1. The number of alkyl halides is 3. The zero-order valence-corrected chi connectivity index (χ0v) is 23.8. The lowest BCUT2D eigenvalue weighted by Gasteiger charge is -2.27. The van der Waals surface area contributed by atoms with Crippen LogP contribution in [-0.4, -0.2) is 87.0 Å². The monoisotopic (exact) mass is 584 g/mol. The van der Waals surface area contributed by atoms with Crippen molar-refractivity contribution in [2.75, 3.05) is 48.0 Å². The summed E-state index contributed by atoms with van der Waals surface area (Å²) in [7, 11) is 6.72. The fourth-order valence-electron chi connectivity index (χ4n) is 4.49. The Bertz CT molecular complexity index is 1190. The Kier molecular flexibility index (Phi) is 12.4. The van der Waals surface area contributed by atoms with Crippen LogP contribution in [0.2, 0.25) is 0 Å². The van der Waals surface area contributed by atoms with Gasteiger partial charge in [0.15, 0.2) is 11.5 Å². The maximum Gasteiger partial charge on any atom is 0.490 e. The van der Waals surface area contributed by atoms with Gasteiger partial charge in [0, 0.05) is 30.3 Å². The van der Waals surface area contributed by atoms with Gasteiger partial charge < -0.3 is 29.1 Å². The number of methoxy groups -OCH3 is 3. The van der Waals surface area contributed by atoms with Gasteiger partial charge in [-0.1, -0.05) is 29.8 Å². The quantitative estimate of drug-likeness (QED) is 0.368. The van der Waals surface area contributed by atoms with Crippen LogP contribution < -0.4 is 14.2 Å². The average molecular weight is 585 g/mol. The van der Waals surface area contributed by atoms with Crippen LogP contribution >= 0.6 is 0 Å². The molecule has 1 aliphatic rings. The van der Waals surface area contributed by atoms with Gasteiger partial charge in [0.05, 0.1) is 21.3 Å². The van der Waals surface area contributed by atoms with Gasteiger partial charge in [0.2, 0.25) is 5.75 Å². The van der Waals surface area contributed by atoms with Crippen LogP contribution in [-0.2, 0) is 4.79 Å². The van der Waals surface area contributed by atoms with E-state index < -0.39 is 12.1 Å². The summed E-state index contributed by atoms with van der Waals surface area (Å²) >= 11 is 0. The predicted molar refractivity (Wildman–Crippen MR) is 146 cm³/mol. The molecule has 12 heteroatoms. The Balaban J connectivity index is 0.000000745. The van der Waals surface area contributed by atoms with Crippen molar-refractivity contribution in [3.8, 4) is 17.2 Å². The second kappa shape index (κ2) is 15.3. The molecule has 8 nitrogen and oxygen atoms in total. The number of carboxylic acids is 1. The van der Waals surface area contributed by atoms with Crippen LogP contribution in [0.25, 0.3) is 6.08 Å². The molecule has 2 aromatic carbocycles. The van der Waals surface area contributed by atoms with E-state index in [-0.39, 0.29) is 11.7 Å². The minimum Gasteiger partial charge on any atom is -0.493 e. The number of carboxylic acid groups (broad SMARTS) is 1. The molecule has 1 fully saturated rings. The van der Waals surface area contributed by atoms with Gasteiger partial charge in [-0.05, 0) is 58.0 Å². The van der Waals surface area contributed by atoms with Crippen molar-refractivity contribution < 1.29 is 46.5 Å². The van der Waals surface area contributed by atoms with E-state index in [1.807, 2.05) is 11.8 Å². The van der Waals surface area contributed by atoms with Crippen molar-refractivity contribution in [1.29, 1.82) is 0 Å². The molecule has 1 heterocycles. The van der Waals surface area contributed by atoms with E-state index in [0.29, 0.717) is 47.5 Å². The lowest BCUT2D eigenvalue weighted by molar-refractivity contribution is -0.192. The Morgan fingerprint density at radius 3 is 2.15 bits per heavy atom. The van der Waals surface area contributed by atoms with Gasteiger partial charge in [-0.25, -0.2) is 9.18 Å². The molecule has 1 atom stereocenters. The van der Waals surface area contributed by atoms with Gasteiger partial charge in [-0.15, -0.1) is 0 Å². The van der Waals surface area contributed by atoms with Crippen molar-refractivity contribution in [2.45, 2.75) is 38.4 Å². The topological polar surface area (TPSA) is 88.5 Å². The van der Waals surface area contributed by atoms with Gasteiger partial charge in [0.25, 0.3) is 5.91 Å². The van der Waals surface area contributed by atoms with Gasteiger partial charge in [-0.3, -0.25) is 4.79 Å². The number of halogens is 4. The molecule has 0 aromatic heterocycles. The van der Waals surface area contributed by atoms with Gasteiger partial charge >= 0.3 is 12.1 Å². The summed E-state index contributed by atoms with van der Waals surface area (Å²) in [5.41, 5.74) is 1.86. The third-order valence-corrected chi connectivity index (χ3v) is 6.59. The van der Waals surface area contributed by atoms with Crippen LogP contribution in [0.3, 0.4) is 0 Å². The second-order valence-corrected chi connectivity index (χ2v) is 9.52. The van der Waals surface area contributed by atoms with Crippen molar-refractivity contribution >= 4 is 18.0 Å². The Morgan fingerprint density at radius 2 is 1.68 bits per heavy atom. The Hall–Kier alpha value is -3.80. The van der Waals surface area contributed by atoms with Crippen molar-refractivity contribution in [3.05, 3.63) is 58.9 Å². The molecule has 1 aliphatic heterocycles. The first kappa shape index (κ1) is 33.4. The summed E-state index contributed by atoms with van der Waals surface area (Å²) in [6, 6.07) is 10.4. The molecule has 41 heavy (non-hydrogen) atoms. The minimum absolute atomic E-state index is 0.138. The van der Waals surface area contributed by atoms with Crippen LogP contribution in [0, 0.1) is 5.82 Å². The molecular weight excluding hydrogens is 548 g/mol. The molecule has 0 bridgehead atoms. The third-order valence-electron chi connectivity index (χ3n) is 6.59. The fraction of sp³-hybridized carbons (Fsp3) is 0.448. The normalized spacial score (nSPS) is 15.5. The van der Waals surface area contributed by atoms with E-state index in [2.05, 4.69) is 11.9 Å². The van der Waals surface area contributed by atoms with Crippen molar-refractivity contribution in [1.82, 2.24) is 9.80 Å². The first-order valence-corrected chi connectivity index (χ1v) is 12.8. The Labute approximate surface area is 237 Å². The molecule has 0 saturated carbocycles. The number of likely N-dealkylation sites (tertiary alicyclic amines) is 1. The number of amides is 1. The number of carbonyl (C=O) groups is 2. The van der Waals surface area contributed by atoms with E-state index in [1.165, 1.54) is 33.8 Å². The molecule has 0 aliphatic carbocycles. The average Bonchev–Trinajstić information content (AvgIpc) is 3.35. The number of ether oxygens (including phenoxy) is 3. The lowest BCUT2D eigenvalue weighted by Crippen LogP contribution is -2.37. The highest BCUT2D eigenvalue weighted by molar-refractivity contribution is 5.96. The number of hydrogen-bond acceptors (Lipinski definition) is 6. The van der Waals surface area contributed by atoms with E-state index in [0.717, 1.165) is 25.0 Å². The van der Waals surface area contributed by atoms with Crippen LogP contribution in [0.5, 0.6) is 17.2 Å². The predicted octanol–water partition coefficient (Wildman–Crippen LogP) is 5.51. The number of benzene rings is 2. The first-order valence-electron chi connectivity index (χ1n) is 12.8. The number of rotatable bonds is 10. The summed E-state index contributed by atoms with van der Waals surface area (Å²) in [5.74, 6) is -1.87. The molecule has 226 valence electrons. The molecule has 2 aromatic rings. The van der Waals surface area contributed by atoms with Crippen LogP contribution in [0.4, 0.5) is 17.6 Å². The van der Waals surface area contributed by atoms with Gasteiger partial charge in [-0.2, -0.15) is 13.2 Å². The standard InChI is InChI=1S/C27H35FN2O4.C2HF3O2/c1-19(15-20-9-6-7-11-23(20)28)18-30(14-12-22-10-8-13-29(22)2)27(31)21-16-24(32-3)26(34-5)25(17-21)33-4;3-2(4,5)1(6)7/h6-7,9,11,15-17,22H,8,10,12-14,18H2,1-5H3;(H,6,7). The minimum atomic E-state index is -5.08. The summed E-state index contributed by atoms with van der Waals surface area (Å²) in [4.78, 5) is 26.7.